The molecular weight excluding hydrogens is 679 g/mol. The SMILES string of the molecule is C=C(C[C@@H](CCCO[Si](c1ccccc1)(c1ccccc1)C(C)(C)C)OS(=O)(=O)c1ccc(C)cc1)[C@@H](O)CC[C@@H](C)CC(C)C(=O)N(C)OC. The summed E-state index contributed by atoms with van der Waals surface area (Å²) in [6, 6.07) is 27.4. The van der Waals surface area contributed by atoms with Gasteiger partial charge >= 0.3 is 0 Å². The summed E-state index contributed by atoms with van der Waals surface area (Å²) in [5, 5.41) is 14.5. The summed E-state index contributed by atoms with van der Waals surface area (Å²) in [7, 11) is -3.80. The lowest BCUT2D eigenvalue weighted by Crippen LogP contribution is -2.66. The van der Waals surface area contributed by atoms with Gasteiger partial charge in [-0.1, -0.05) is 120 Å². The van der Waals surface area contributed by atoms with Gasteiger partial charge in [0.25, 0.3) is 18.4 Å². The number of benzene rings is 3. The number of carbonyl (C=O) groups excluding carboxylic acids is 1. The molecule has 0 aromatic heterocycles. The number of hydroxylamine groups is 2. The largest absolute Gasteiger partial charge is 0.407 e. The van der Waals surface area contributed by atoms with Gasteiger partial charge in [-0.15, -0.1) is 0 Å². The molecule has 0 saturated heterocycles. The van der Waals surface area contributed by atoms with Crippen molar-refractivity contribution in [2.24, 2.45) is 11.8 Å². The van der Waals surface area contributed by atoms with E-state index < -0.39 is 30.6 Å². The molecule has 1 amide bonds. The molecule has 1 N–H and O–H groups in total. The average Bonchev–Trinajstić information content (AvgIpc) is 3.10. The standard InChI is InChI=1S/C41H59NO7SSi/c1-31-22-25-36(26-23-31)50(45,46)49-35(30-33(3)39(43)27-24-32(2)29-34(4)40(44)42(8)47-9)17-16-28-48-51(41(5,6)7,37-18-12-10-13-19-37)38-20-14-11-15-21-38/h10-15,18-23,25-26,32,34-35,39,43H,3,16-17,24,27-30H2,1-2,4-9H3/t32-,34?,35-,39+/m1/s1. The summed E-state index contributed by atoms with van der Waals surface area (Å²) >= 11 is 0. The number of hydrogen-bond donors (Lipinski definition) is 1. The third-order valence-corrected chi connectivity index (χ3v) is 16.1. The number of nitrogens with zero attached hydrogens (tertiary/aromatic N) is 1. The zero-order valence-corrected chi connectivity index (χ0v) is 33.6. The van der Waals surface area contributed by atoms with E-state index in [2.05, 4.69) is 58.5 Å². The van der Waals surface area contributed by atoms with Gasteiger partial charge in [0.2, 0.25) is 5.91 Å². The van der Waals surface area contributed by atoms with Crippen molar-refractivity contribution in [3.8, 4) is 0 Å². The highest BCUT2D eigenvalue weighted by Crippen LogP contribution is 2.37. The van der Waals surface area contributed by atoms with Crippen LogP contribution < -0.4 is 10.4 Å². The van der Waals surface area contributed by atoms with E-state index in [0.717, 1.165) is 5.56 Å². The topological polar surface area (TPSA) is 102 Å². The Hall–Kier alpha value is -3.12. The fourth-order valence-electron chi connectivity index (χ4n) is 6.72. The van der Waals surface area contributed by atoms with E-state index in [-0.39, 0.29) is 34.1 Å². The molecule has 280 valence electrons. The van der Waals surface area contributed by atoms with Gasteiger partial charge in [-0.25, -0.2) is 5.06 Å². The van der Waals surface area contributed by atoms with Crippen LogP contribution in [0.5, 0.6) is 0 Å². The smallest absolute Gasteiger partial charge is 0.297 e. The number of aliphatic hydroxyl groups excluding tert-OH is 1. The van der Waals surface area contributed by atoms with Crippen LogP contribution in [0.1, 0.15) is 78.7 Å². The summed E-state index contributed by atoms with van der Waals surface area (Å²) in [5.74, 6) is -0.145. The van der Waals surface area contributed by atoms with Crippen LogP contribution in [0.25, 0.3) is 0 Å². The number of rotatable bonds is 20. The van der Waals surface area contributed by atoms with Crippen LogP contribution in [0.3, 0.4) is 0 Å². The van der Waals surface area contributed by atoms with Crippen molar-refractivity contribution in [2.75, 3.05) is 20.8 Å². The van der Waals surface area contributed by atoms with Crippen molar-refractivity contribution in [3.63, 3.8) is 0 Å². The first-order valence-electron chi connectivity index (χ1n) is 17.9. The summed E-state index contributed by atoms with van der Waals surface area (Å²) in [5.41, 5.74) is 1.46. The van der Waals surface area contributed by atoms with Crippen molar-refractivity contribution < 1.29 is 31.8 Å². The van der Waals surface area contributed by atoms with Crippen molar-refractivity contribution in [3.05, 3.63) is 103 Å². The lowest BCUT2D eigenvalue weighted by molar-refractivity contribution is -0.173. The first kappa shape index (κ1) is 42.3. The quantitative estimate of drug-likeness (QED) is 0.0431. The lowest BCUT2D eigenvalue weighted by Gasteiger charge is -2.43. The van der Waals surface area contributed by atoms with Gasteiger partial charge in [0, 0.05) is 19.6 Å². The Balaban J connectivity index is 1.76. The van der Waals surface area contributed by atoms with Gasteiger partial charge in [0.15, 0.2) is 0 Å². The highest BCUT2D eigenvalue weighted by Gasteiger charge is 2.50. The predicted octanol–water partition coefficient (Wildman–Crippen LogP) is 7.20. The molecule has 0 radical (unpaired) electrons. The van der Waals surface area contributed by atoms with Crippen LogP contribution in [0.15, 0.2) is 102 Å². The van der Waals surface area contributed by atoms with Crippen molar-refractivity contribution in [1.82, 2.24) is 5.06 Å². The number of carbonyl (C=O) groups is 1. The Morgan fingerprint density at radius 3 is 1.96 bits per heavy atom. The summed E-state index contributed by atoms with van der Waals surface area (Å²) < 4.78 is 39.9. The van der Waals surface area contributed by atoms with E-state index in [1.807, 2.05) is 50.2 Å². The van der Waals surface area contributed by atoms with E-state index >= 15 is 0 Å². The fourth-order valence-corrected chi connectivity index (χ4v) is 12.4. The van der Waals surface area contributed by atoms with Crippen LogP contribution in [-0.4, -0.2) is 65.8 Å². The molecule has 0 aliphatic carbocycles. The molecule has 4 atom stereocenters. The molecule has 10 heteroatoms. The minimum atomic E-state index is -4.08. The Labute approximate surface area is 308 Å². The maximum Gasteiger partial charge on any atom is 0.297 e. The van der Waals surface area contributed by atoms with Crippen molar-refractivity contribution >= 4 is 34.7 Å². The number of amides is 1. The van der Waals surface area contributed by atoms with Crippen LogP contribution in [0.4, 0.5) is 0 Å². The van der Waals surface area contributed by atoms with Crippen LogP contribution in [0, 0.1) is 18.8 Å². The first-order valence-corrected chi connectivity index (χ1v) is 21.3. The molecule has 1 unspecified atom stereocenters. The Kier molecular flexibility index (Phi) is 15.8. The Morgan fingerprint density at radius 1 is 0.902 bits per heavy atom. The summed E-state index contributed by atoms with van der Waals surface area (Å²) in [6.07, 6.45) is 1.27. The number of hydrogen-bond acceptors (Lipinski definition) is 7. The van der Waals surface area contributed by atoms with Gasteiger partial charge in [-0.2, -0.15) is 8.42 Å². The highest BCUT2D eigenvalue weighted by molar-refractivity contribution is 7.86. The molecule has 3 aromatic carbocycles. The molecule has 3 aromatic rings. The molecule has 0 fully saturated rings. The normalized spacial score (nSPS) is 14.8. The second kappa shape index (κ2) is 19.1. The monoisotopic (exact) mass is 737 g/mol. The molecule has 0 spiro atoms. The van der Waals surface area contributed by atoms with Gasteiger partial charge in [0.05, 0.1) is 24.2 Å². The molecule has 0 aliphatic rings. The predicted molar refractivity (Wildman–Crippen MR) is 208 cm³/mol. The number of aryl methyl sites for hydroxylation is 1. The Morgan fingerprint density at radius 2 is 1.45 bits per heavy atom. The molecule has 51 heavy (non-hydrogen) atoms. The second-order valence-corrected chi connectivity index (χ2v) is 20.7. The molecule has 3 rings (SSSR count). The molecule has 0 saturated carbocycles. The molecule has 0 aliphatic heterocycles. The van der Waals surface area contributed by atoms with Crippen LogP contribution in [-0.2, 0) is 28.4 Å². The van der Waals surface area contributed by atoms with E-state index in [9.17, 15) is 18.3 Å². The van der Waals surface area contributed by atoms with Crippen LogP contribution in [0.2, 0.25) is 5.04 Å². The van der Waals surface area contributed by atoms with E-state index in [0.29, 0.717) is 44.3 Å². The van der Waals surface area contributed by atoms with Gasteiger partial charge < -0.3 is 9.53 Å². The van der Waals surface area contributed by atoms with Gasteiger partial charge in [0.1, 0.15) is 0 Å². The highest BCUT2D eigenvalue weighted by atomic mass is 32.2. The minimum absolute atomic E-state index is 0.0874. The van der Waals surface area contributed by atoms with Crippen molar-refractivity contribution in [2.45, 2.75) is 102 Å². The second-order valence-electron chi connectivity index (χ2n) is 14.9. The first-order chi connectivity index (χ1) is 24.0. The van der Waals surface area contributed by atoms with Crippen LogP contribution >= 0.6 is 0 Å². The third kappa shape index (κ3) is 11.7. The minimum Gasteiger partial charge on any atom is -0.407 e. The molecule has 0 bridgehead atoms. The van der Waals surface area contributed by atoms with Crippen molar-refractivity contribution in [1.29, 1.82) is 0 Å². The zero-order chi connectivity index (χ0) is 37.8. The average molecular weight is 738 g/mol. The fraction of sp³-hybridized carbons (Fsp3) is 0.488. The molecule has 8 nitrogen and oxygen atoms in total. The maximum absolute atomic E-state index is 13.5. The third-order valence-electron chi connectivity index (χ3n) is 9.63. The van der Waals surface area contributed by atoms with Gasteiger partial charge in [-0.05, 0) is 84.5 Å². The number of aliphatic hydroxyl groups is 1. The molecular formula is C41H59NO7SSi. The van der Waals surface area contributed by atoms with E-state index in [4.69, 9.17) is 13.4 Å². The zero-order valence-electron chi connectivity index (χ0n) is 31.8. The van der Waals surface area contributed by atoms with E-state index in [1.165, 1.54) is 22.5 Å². The molecule has 0 heterocycles. The van der Waals surface area contributed by atoms with Gasteiger partial charge in [-0.3, -0.25) is 13.8 Å². The lowest BCUT2D eigenvalue weighted by atomic mass is 9.90. The maximum atomic E-state index is 13.5. The summed E-state index contributed by atoms with van der Waals surface area (Å²) in [6.45, 7) is 17.1. The summed E-state index contributed by atoms with van der Waals surface area (Å²) in [4.78, 5) is 17.5. The Bertz CT molecular complexity index is 1590. The van der Waals surface area contributed by atoms with E-state index in [1.54, 1.807) is 31.3 Å².